The first-order chi connectivity index (χ1) is 9.06. The van der Waals surface area contributed by atoms with Crippen LogP contribution in [0.4, 0.5) is 0 Å². The van der Waals surface area contributed by atoms with Gasteiger partial charge in [-0.15, -0.1) is 11.3 Å². The maximum Gasteiger partial charge on any atom is 0.248 e. The van der Waals surface area contributed by atoms with Crippen LogP contribution >= 0.6 is 27.3 Å². The molecular weight excluding hydrogens is 330 g/mol. The van der Waals surface area contributed by atoms with E-state index in [2.05, 4.69) is 15.9 Å². The lowest BCUT2D eigenvalue weighted by Crippen LogP contribution is -2.12. The second-order valence-corrected chi connectivity index (χ2v) is 6.17. The Morgan fingerprint density at radius 1 is 1.16 bits per heavy atom. The zero-order valence-corrected chi connectivity index (χ0v) is 12.2. The third-order valence-electron chi connectivity index (χ3n) is 2.36. The van der Waals surface area contributed by atoms with Gasteiger partial charge in [-0.2, -0.15) is 0 Å². The second kappa shape index (κ2) is 5.99. The van der Waals surface area contributed by atoms with Gasteiger partial charge in [0, 0.05) is 5.56 Å². The van der Waals surface area contributed by atoms with Crippen LogP contribution in [0.3, 0.4) is 0 Å². The lowest BCUT2D eigenvalue weighted by atomic mass is 10.2. The van der Waals surface area contributed by atoms with Crippen LogP contribution in [0.1, 0.15) is 20.0 Å². The first-order valence-electron chi connectivity index (χ1n) is 5.37. The molecule has 98 valence electrons. The van der Waals surface area contributed by atoms with Crippen LogP contribution in [0.5, 0.6) is 5.75 Å². The van der Waals surface area contributed by atoms with E-state index in [1.807, 2.05) is 6.07 Å². The zero-order valence-electron chi connectivity index (χ0n) is 9.76. The molecule has 0 bridgehead atoms. The number of amides is 1. The lowest BCUT2D eigenvalue weighted by Gasteiger charge is -2.04. The maximum atomic E-state index is 11.8. The van der Waals surface area contributed by atoms with Gasteiger partial charge >= 0.3 is 0 Å². The predicted octanol–water partition coefficient (Wildman–Crippen LogP) is 2.87. The number of rotatable bonds is 5. The highest BCUT2D eigenvalue weighted by Crippen LogP contribution is 2.22. The van der Waals surface area contributed by atoms with Crippen LogP contribution in [0.25, 0.3) is 0 Å². The Balaban J connectivity index is 1.95. The fourth-order valence-electron chi connectivity index (χ4n) is 1.40. The molecule has 0 spiro atoms. The fraction of sp³-hybridized carbons (Fsp3) is 0.0769. The Kier molecular flexibility index (Phi) is 4.34. The fourth-order valence-corrected chi connectivity index (χ4v) is 2.71. The molecule has 4 nitrogen and oxygen atoms in total. The third-order valence-corrected chi connectivity index (χ3v) is 4.02. The highest BCUT2D eigenvalue weighted by Gasteiger charge is 2.09. The van der Waals surface area contributed by atoms with Crippen molar-refractivity contribution in [1.82, 2.24) is 0 Å². The van der Waals surface area contributed by atoms with Crippen molar-refractivity contribution < 1.29 is 14.3 Å². The van der Waals surface area contributed by atoms with Gasteiger partial charge in [-0.05, 0) is 52.3 Å². The number of primary amides is 1. The summed E-state index contributed by atoms with van der Waals surface area (Å²) in [4.78, 5) is 23.3. The van der Waals surface area contributed by atoms with Crippen molar-refractivity contribution in [3.8, 4) is 5.75 Å². The molecule has 0 saturated carbocycles. The van der Waals surface area contributed by atoms with Crippen LogP contribution in [0.2, 0.25) is 0 Å². The topological polar surface area (TPSA) is 69.4 Å². The van der Waals surface area contributed by atoms with Gasteiger partial charge in [-0.3, -0.25) is 9.59 Å². The minimum Gasteiger partial charge on any atom is -0.485 e. The second-order valence-electron chi connectivity index (χ2n) is 3.70. The van der Waals surface area contributed by atoms with Gasteiger partial charge in [-0.25, -0.2) is 0 Å². The Morgan fingerprint density at radius 3 is 2.37 bits per heavy atom. The maximum absolute atomic E-state index is 11.8. The number of Topliss-reactive ketones (excluding diaryl/α,β-unsaturated/α-hetero) is 1. The molecule has 2 N–H and O–H groups in total. The molecule has 0 aliphatic heterocycles. The van der Waals surface area contributed by atoms with E-state index in [0.717, 1.165) is 3.79 Å². The minimum absolute atomic E-state index is 0.0388. The van der Waals surface area contributed by atoms with E-state index < -0.39 is 5.91 Å². The van der Waals surface area contributed by atoms with E-state index in [4.69, 9.17) is 10.5 Å². The Labute approximate surface area is 122 Å². The van der Waals surface area contributed by atoms with Gasteiger partial charge in [0.2, 0.25) is 11.7 Å². The van der Waals surface area contributed by atoms with Crippen molar-refractivity contribution in [2.75, 3.05) is 6.61 Å². The molecule has 0 unspecified atom stereocenters. The quantitative estimate of drug-likeness (QED) is 0.851. The lowest BCUT2D eigenvalue weighted by molar-refractivity contribution is 0.0924. The van der Waals surface area contributed by atoms with E-state index >= 15 is 0 Å². The number of ether oxygens (including phenoxy) is 1. The van der Waals surface area contributed by atoms with E-state index in [9.17, 15) is 9.59 Å². The zero-order chi connectivity index (χ0) is 13.8. The average molecular weight is 340 g/mol. The summed E-state index contributed by atoms with van der Waals surface area (Å²) >= 11 is 4.66. The first-order valence-corrected chi connectivity index (χ1v) is 6.98. The molecule has 0 aliphatic rings. The van der Waals surface area contributed by atoms with Crippen molar-refractivity contribution in [3.63, 3.8) is 0 Å². The summed E-state index contributed by atoms with van der Waals surface area (Å²) in [5, 5.41) is 0. The number of carbonyl (C=O) groups excluding carboxylic acids is 2. The van der Waals surface area contributed by atoms with Gasteiger partial charge < -0.3 is 10.5 Å². The van der Waals surface area contributed by atoms with Gasteiger partial charge in [0.1, 0.15) is 5.75 Å². The highest BCUT2D eigenvalue weighted by molar-refractivity contribution is 9.11. The number of nitrogens with two attached hydrogens (primary N) is 1. The normalized spacial score (nSPS) is 10.2. The summed E-state index contributed by atoms with van der Waals surface area (Å²) in [5.74, 6) is -0.0605. The summed E-state index contributed by atoms with van der Waals surface area (Å²) in [6.07, 6.45) is 0. The molecule has 2 rings (SSSR count). The van der Waals surface area contributed by atoms with Crippen molar-refractivity contribution in [1.29, 1.82) is 0 Å². The Morgan fingerprint density at radius 2 is 1.84 bits per heavy atom. The van der Waals surface area contributed by atoms with Crippen molar-refractivity contribution in [2.45, 2.75) is 0 Å². The first kappa shape index (κ1) is 13.8. The molecule has 0 saturated heterocycles. The summed E-state index contributed by atoms with van der Waals surface area (Å²) in [6, 6.07) is 9.90. The molecular formula is C13H10BrNO3S. The molecule has 19 heavy (non-hydrogen) atoms. The minimum atomic E-state index is -0.494. The molecule has 0 aliphatic carbocycles. The SMILES string of the molecule is NC(=O)c1ccc(OCC(=O)c2ccc(Br)s2)cc1. The highest BCUT2D eigenvalue weighted by atomic mass is 79.9. The van der Waals surface area contributed by atoms with E-state index in [-0.39, 0.29) is 12.4 Å². The number of benzene rings is 1. The van der Waals surface area contributed by atoms with Crippen LogP contribution in [0, 0.1) is 0 Å². The number of hydrogen-bond donors (Lipinski definition) is 1. The van der Waals surface area contributed by atoms with E-state index in [1.165, 1.54) is 11.3 Å². The number of halogens is 1. The summed E-state index contributed by atoms with van der Waals surface area (Å²) < 4.78 is 6.26. The van der Waals surface area contributed by atoms with Crippen LogP contribution in [-0.4, -0.2) is 18.3 Å². The largest absolute Gasteiger partial charge is 0.485 e. The van der Waals surface area contributed by atoms with Crippen LogP contribution in [0.15, 0.2) is 40.2 Å². The molecule has 1 aromatic carbocycles. The monoisotopic (exact) mass is 339 g/mol. The van der Waals surface area contributed by atoms with Crippen molar-refractivity contribution in [3.05, 3.63) is 50.6 Å². The Hall–Kier alpha value is -1.66. The van der Waals surface area contributed by atoms with E-state index in [1.54, 1.807) is 30.3 Å². The summed E-state index contributed by atoms with van der Waals surface area (Å²) in [5.41, 5.74) is 5.53. The molecule has 0 fully saturated rings. The standard InChI is InChI=1S/C13H10BrNO3S/c14-12-6-5-11(19-12)10(16)7-18-9-3-1-8(2-4-9)13(15)17/h1-6H,7H2,(H2,15,17). The molecule has 6 heteroatoms. The number of thiophene rings is 1. The average Bonchev–Trinajstić information content (AvgIpc) is 2.83. The molecule has 1 heterocycles. The third kappa shape index (κ3) is 3.65. The molecule has 0 atom stereocenters. The molecule has 0 radical (unpaired) electrons. The predicted molar refractivity (Wildman–Crippen MR) is 76.8 cm³/mol. The summed E-state index contributed by atoms with van der Waals surface area (Å²) in [7, 11) is 0. The molecule has 1 amide bonds. The van der Waals surface area contributed by atoms with Gasteiger partial charge in [0.05, 0.1) is 8.66 Å². The smallest absolute Gasteiger partial charge is 0.248 e. The van der Waals surface area contributed by atoms with E-state index in [0.29, 0.717) is 16.2 Å². The van der Waals surface area contributed by atoms with Crippen LogP contribution < -0.4 is 10.5 Å². The Bertz CT molecular complexity index is 607. The number of carbonyl (C=O) groups is 2. The molecule has 2 aromatic rings. The van der Waals surface area contributed by atoms with Gasteiger partial charge in [-0.1, -0.05) is 0 Å². The van der Waals surface area contributed by atoms with Crippen molar-refractivity contribution in [2.24, 2.45) is 5.73 Å². The van der Waals surface area contributed by atoms with Gasteiger partial charge in [0.15, 0.2) is 6.61 Å². The number of hydrogen-bond acceptors (Lipinski definition) is 4. The number of ketones is 1. The van der Waals surface area contributed by atoms with Crippen LogP contribution in [-0.2, 0) is 0 Å². The summed E-state index contributed by atoms with van der Waals surface area (Å²) in [6.45, 7) is -0.0388. The molecule has 1 aromatic heterocycles. The van der Waals surface area contributed by atoms with Crippen molar-refractivity contribution >= 4 is 39.0 Å². The van der Waals surface area contributed by atoms with Gasteiger partial charge in [0.25, 0.3) is 0 Å².